The summed E-state index contributed by atoms with van der Waals surface area (Å²) < 4.78 is 0. The third kappa shape index (κ3) is 2.42. The third-order valence-electron chi connectivity index (χ3n) is 3.85. The first-order chi connectivity index (χ1) is 8.83. The van der Waals surface area contributed by atoms with Crippen LogP contribution in [0.5, 0.6) is 0 Å². The zero-order chi connectivity index (χ0) is 12.4. The number of aromatic nitrogens is 1. The van der Waals surface area contributed by atoms with Crippen molar-refractivity contribution in [2.24, 2.45) is 5.73 Å². The number of rotatable bonds is 4. The molecule has 1 saturated heterocycles. The maximum atomic E-state index is 6.28. The van der Waals surface area contributed by atoms with E-state index in [2.05, 4.69) is 40.3 Å². The van der Waals surface area contributed by atoms with Gasteiger partial charge in [-0.2, -0.15) is 0 Å². The van der Waals surface area contributed by atoms with Gasteiger partial charge in [0.05, 0.1) is 0 Å². The fourth-order valence-electron chi connectivity index (χ4n) is 2.94. The predicted octanol–water partition coefficient (Wildman–Crippen LogP) is 2.13. The number of fused-ring (bicyclic) bond motifs is 1. The Morgan fingerprint density at radius 3 is 2.83 bits per heavy atom. The summed E-state index contributed by atoms with van der Waals surface area (Å²) in [5.74, 6) is 0. The molecule has 3 N–H and O–H groups in total. The second-order valence-electron chi connectivity index (χ2n) is 5.33. The van der Waals surface area contributed by atoms with E-state index in [9.17, 15) is 0 Å². The van der Waals surface area contributed by atoms with E-state index in [4.69, 9.17) is 5.73 Å². The van der Waals surface area contributed by atoms with Crippen LogP contribution in [0.25, 0.3) is 10.9 Å². The molecule has 1 aliphatic rings. The van der Waals surface area contributed by atoms with E-state index in [1.54, 1.807) is 0 Å². The van der Waals surface area contributed by atoms with Crippen molar-refractivity contribution in [2.75, 3.05) is 19.6 Å². The van der Waals surface area contributed by atoms with Crippen LogP contribution >= 0.6 is 0 Å². The lowest BCUT2D eigenvalue weighted by Gasteiger charge is -2.19. The van der Waals surface area contributed by atoms with Crippen molar-refractivity contribution in [1.29, 1.82) is 0 Å². The number of aromatic amines is 1. The summed E-state index contributed by atoms with van der Waals surface area (Å²) >= 11 is 0. The molecule has 0 bridgehead atoms. The lowest BCUT2D eigenvalue weighted by Crippen LogP contribution is -2.37. The highest BCUT2D eigenvalue weighted by molar-refractivity contribution is 5.83. The zero-order valence-corrected chi connectivity index (χ0v) is 10.7. The second kappa shape index (κ2) is 5.12. The molecule has 0 unspecified atom stereocenters. The summed E-state index contributed by atoms with van der Waals surface area (Å²) in [6.07, 6.45) is 5.73. The molecule has 3 heteroatoms. The molecule has 1 aromatic heterocycles. The number of para-hydroxylation sites is 1. The first-order valence-electron chi connectivity index (χ1n) is 6.86. The minimum Gasteiger partial charge on any atom is -0.361 e. The Morgan fingerprint density at radius 2 is 2.00 bits per heavy atom. The van der Waals surface area contributed by atoms with E-state index in [-0.39, 0.29) is 6.04 Å². The maximum absolute atomic E-state index is 6.28. The highest BCUT2D eigenvalue weighted by Crippen LogP contribution is 2.19. The van der Waals surface area contributed by atoms with Crippen molar-refractivity contribution in [1.82, 2.24) is 9.88 Å². The number of hydrogen-bond acceptors (Lipinski definition) is 2. The van der Waals surface area contributed by atoms with Crippen molar-refractivity contribution >= 4 is 10.9 Å². The fraction of sp³-hybridized carbons (Fsp3) is 0.467. The van der Waals surface area contributed by atoms with Gasteiger partial charge in [-0.15, -0.1) is 0 Å². The van der Waals surface area contributed by atoms with Gasteiger partial charge in [-0.05, 0) is 44.0 Å². The van der Waals surface area contributed by atoms with Crippen molar-refractivity contribution in [3.63, 3.8) is 0 Å². The molecule has 96 valence electrons. The molecule has 2 aromatic rings. The van der Waals surface area contributed by atoms with E-state index in [0.29, 0.717) is 0 Å². The maximum Gasteiger partial charge on any atom is 0.0456 e. The monoisotopic (exact) mass is 243 g/mol. The van der Waals surface area contributed by atoms with Crippen molar-refractivity contribution in [3.8, 4) is 0 Å². The molecule has 0 spiro atoms. The van der Waals surface area contributed by atoms with Crippen molar-refractivity contribution in [3.05, 3.63) is 36.0 Å². The molecule has 18 heavy (non-hydrogen) atoms. The summed E-state index contributed by atoms with van der Waals surface area (Å²) in [5, 5.41) is 1.31. The molecule has 1 aliphatic heterocycles. The highest BCUT2D eigenvalue weighted by Gasteiger charge is 2.16. The number of nitrogens with one attached hydrogen (secondary N) is 1. The fourth-order valence-corrected chi connectivity index (χ4v) is 2.94. The van der Waals surface area contributed by atoms with Crippen molar-refractivity contribution in [2.45, 2.75) is 25.3 Å². The van der Waals surface area contributed by atoms with Crippen LogP contribution in [0.1, 0.15) is 18.4 Å². The largest absolute Gasteiger partial charge is 0.361 e. The Hall–Kier alpha value is -1.32. The topological polar surface area (TPSA) is 45.1 Å². The first kappa shape index (κ1) is 11.8. The van der Waals surface area contributed by atoms with Crippen LogP contribution in [-0.2, 0) is 6.42 Å². The van der Waals surface area contributed by atoms with Gasteiger partial charge in [-0.1, -0.05) is 18.2 Å². The Kier molecular flexibility index (Phi) is 3.35. The minimum absolute atomic E-state index is 0.238. The van der Waals surface area contributed by atoms with Crippen LogP contribution < -0.4 is 5.73 Å². The number of nitrogens with zero attached hydrogens (tertiary/aromatic N) is 1. The number of H-pyrrole nitrogens is 1. The van der Waals surface area contributed by atoms with Crippen LogP contribution in [0.2, 0.25) is 0 Å². The van der Waals surface area contributed by atoms with Gasteiger partial charge >= 0.3 is 0 Å². The van der Waals surface area contributed by atoms with Crippen LogP contribution in [0.3, 0.4) is 0 Å². The standard InChI is InChI=1S/C15H21N3/c16-13(11-18-7-3-4-8-18)9-12-10-17-15-6-2-1-5-14(12)15/h1-2,5-6,10,13,17H,3-4,7-9,11,16H2/t13-/m0/s1. The molecule has 1 fully saturated rings. The number of hydrogen-bond donors (Lipinski definition) is 2. The molecule has 0 radical (unpaired) electrons. The molecule has 3 nitrogen and oxygen atoms in total. The normalized spacial score (nSPS) is 18.5. The predicted molar refractivity (Wildman–Crippen MR) is 75.7 cm³/mol. The third-order valence-corrected chi connectivity index (χ3v) is 3.85. The zero-order valence-electron chi connectivity index (χ0n) is 10.7. The van der Waals surface area contributed by atoms with Gasteiger partial charge in [-0.25, -0.2) is 0 Å². The van der Waals surface area contributed by atoms with E-state index >= 15 is 0 Å². The minimum atomic E-state index is 0.238. The summed E-state index contributed by atoms with van der Waals surface area (Å²) in [4.78, 5) is 5.80. The Morgan fingerprint density at radius 1 is 1.22 bits per heavy atom. The van der Waals surface area contributed by atoms with E-state index in [0.717, 1.165) is 13.0 Å². The summed E-state index contributed by atoms with van der Waals surface area (Å²) in [5.41, 5.74) is 8.83. The number of benzene rings is 1. The van der Waals surface area contributed by atoms with Gasteiger partial charge in [0, 0.05) is 29.7 Å². The van der Waals surface area contributed by atoms with Gasteiger partial charge in [-0.3, -0.25) is 0 Å². The molecule has 0 amide bonds. The molecule has 0 aliphatic carbocycles. The Labute approximate surface area is 108 Å². The average molecular weight is 243 g/mol. The van der Waals surface area contributed by atoms with E-state index in [1.807, 2.05) is 0 Å². The molecular weight excluding hydrogens is 222 g/mol. The van der Waals surface area contributed by atoms with Crippen LogP contribution in [0, 0.1) is 0 Å². The average Bonchev–Trinajstić information content (AvgIpc) is 3.00. The molecular formula is C15H21N3. The Balaban J connectivity index is 1.67. The lowest BCUT2D eigenvalue weighted by atomic mass is 10.1. The van der Waals surface area contributed by atoms with Crippen LogP contribution in [-0.4, -0.2) is 35.6 Å². The quantitative estimate of drug-likeness (QED) is 0.864. The summed E-state index contributed by atoms with van der Waals surface area (Å²) in [7, 11) is 0. The first-order valence-corrected chi connectivity index (χ1v) is 6.86. The van der Waals surface area contributed by atoms with E-state index in [1.165, 1.54) is 42.4 Å². The number of likely N-dealkylation sites (tertiary alicyclic amines) is 1. The van der Waals surface area contributed by atoms with E-state index < -0.39 is 0 Å². The molecule has 0 saturated carbocycles. The highest BCUT2D eigenvalue weighted by atomic mass is 15.1. The lowest BCUT2D eigenvalue weighted by molar-refractivity contribution is 0.313. The van der Waals surface area contributed by atoms with Crippen LogP contribution in [0.15, 0.2) is 30.5 Å². The van der Waals surface area contributed by atoms with Gasteiger partial charge in [0.1, 0.15) is 0 Å². The van der Waals surface area contributed by atoms with Gasteiger partial charge in [0.25, 0.3) is 0 Å². The van der Waals surface area contributed by atoms with Crippen molar-refractivity contribution < 1.29 is 0 Å². The van der Waals surface area contributed by atoms with Crippen LogP contribution in [0.4, 0.5) is 0 Å². The van der Waals surface area contributed by atoms with Gasteiger partial charge in [0.15, 0.2) is 0 Å². The second-order valence-corrected chi connectivity index (χ2v) is 5.33. The smallest absolute Gasteiger partial charge is 0.0456 e. The Bertz CT molecular complexity index is 511. The molecule has 1 aromatic carbocycles. The van der Waals surface area contributed by atoms with Gasteiger partial charge in [0.2, 0.25) is 0 Å². The number of nitrogens with two attached hydrogens (primary N) is 1. The summed E-state index contributed by atoms with van der Waals surface area (Å²) in [6.45, 7) is 3.47. The molecule has 3 rings (SSSR count). The molecule has 1 atom stereocenters. The molecule has 2 heterocycles. The summed E-state index contributed by atoms with van der Waals surface area (Å²) in [6, 6.07) is 8.68. The SMILES string of the molecule is N[C@@H](Cc1c[nH]c2ccccc12)CN1CCCC1. The van der Waals surface area contributed by atoms with Gasteiger partial charge < -0.3 is 15.6 Å².